The van der Waals surface area contributed by atoms with Crippen molar-refractivity contribution < 1.29 is 5.11 Å². The van der Waals surface area contributed by atoms with E-state index in [-0.39, 0.29) is 0 Å². The van der Waals surface area contributed by atoms with Gasteiger partial charge >= 0.3 is 0 Å². The third-order valence-corrected chi connectivity index (χ3v) is 5.33. The van der Waals surface area contributed by atoms with E-state index in [9.17, 15) is 5.11 Å². The summed E-state index contributed by atoms with van der Waals surface area (Å²) in [5.41, 5.74) is 1.70. The van der Waals surface area contributed by atoms with E-state index in [0.29, 0.717) is 17.5 Å². The van der Waals surface area contributed by atoms with Crippen molar-refractivity contribution in [2.24, 2.45) is 0 Å². The van der Waals surface area contributed by atoms with E-state index in [4.69, 9.17) is 11.6 Å². The smallest absolute Gasteiger partial charge is 0.160 e. The van der Waals surface area contributed by atoms with Gasteiger partial charge in [-0.15, -0.1) is 10.2 Å². The van der Waals surface area contributed by atoms with E-state index in [1.165, 1.54) is 0 Å². The Morgan fingerprint density at radius 2 is 1.84 bits per heavy atom. The third-order valence-electron chi connectivity index (χ3n) is 4.99. The number of likely N-dealkylation sites (tertiary alicyclic amines) is 1. The number of hydrogen-bond donors (Lipinski definition) is 1. The molecule has 3 heterocycles. The van der Waals surface area contributed by atoms with Crippen LogP contribution in [0.4, 0.5) is 0 Å². The first-order valence-corrected chi connectivity index (χ1v) is 9.04. The molecule has 1 aromatic carbocycles. The molecule has 2 aromatic heterocycles. The topological polar surface area (TPSA) is 53.7 Å². The number of halogens is 1. The van der Waals surface area contributed by atoms with Crippen molar-refractivity contribution in [2.45, 2.75) is 24.9 Å². The van der Waals surface area contributed by atoms with Crippen LogP contribution in [-0.2, 0) is 0 Å². The Kier molecular flexibility index (Phi) is 4.70. The van der Waals surface area contributed by atoms with Crippen molar-refractivity contribution in [3.8, 4) is 0 Å². The number of fused-ring (bicyclic) bond motifs is 1. The summed E-state index contributed by atoms with van der Waals surface area (Å²) >= 11 is 6.19. The zero-order valence-electron chi connectivity index (χ0n) is 13.9. The second-order valence-corrected chi connectivity index (χ2v) is 7.01. The Hall–Kier alpha value is -1.95. The molecule has 0 aliphatic carbocycles. The Labute approximate surface area is 151 Å². The van der Waals surface area contributed by atoms with Crippen molar-refractivity contribution in [3.05, 3.63) is 65.1 Å². The van der Waals surface area contributed by atoms with Gasteiger partial charge in [0.05, 0.1) is 6.10 Å². The number of pyridine rings is 1. The summed E-state index contributed by atoms with van der Waals surface area (Å²) in [4.78, 5) is 2.30. The van der Waals surface area contributed by atoms with Gasteiger partial charge in [-0.2, -0.15) is 0 Å². The molecule has 0 spiro atoms. The fourth-order valence-electron chi connectivity index (χ4n) is 3.60. The lowest BCUT2D eigenvalue weighted by molar-refractivity contribution is 0.0966. The molecular weight excluding hydrogens is 336 g/mol. The predicted octanol–water partition coefficient (Wildman–Crippen LogP) is 3.30. The Balaban J connectivity index is 1.39. The molecular formula is C19H21ClN4O. The molecule has 3 aromatic rings. The molecule has 0 radical (unpaired) electrons. The largest absolute Gasteiger partial charge is 0.387 e. The second-order valence-electron chi connectivity index (χ2n) is 6.60. The molecule has 1 N–H and O–H groups in total. The summed E-state index contributed by atoms with van der Waals surface area (Å²) in [5, 5.41) is 19.8. The zero-order chi connectivity index (χ0) is 17.2. The van der Waals surface area contributed by atoms with Gasteiger partial charge in [0, 0.05) is 29.2 Å². The number of hydrogen-bond acceptors (Lipinski definition) is 4. The van der Waals surface area contributed by atoms with E-state index in [1.54, 1.807) is 0 Å². The molecule has 4 rings (SSSR count). The Morgan fingerprint density at radius 3 is 2.64 bits per heavy atom. The van der Waals surface area contributed by atoms with Crippen LogP contribution in [0.2, 0.25) is 5.02 Å². The summed E-state index contributed by atoms with van der Waals surface area (Å²) in [6.07, 6.45) is 3.51. The monoisotopic (exact) mass is 356 g/mol. The van der Waals surface area contributed by atoms with Crippen molar-refractivity contribution in [3.63, 3.8) is 0 Å². The summed E-state index contributed by atoms with van der Waals surface area (Å²) in [7, 11) is 0. The van der Waals surface area contributed by atoms with Gasteiger partial charge in [-0.1, -0.05) is 35.9 Å². The summed E-state index contributed by atoms with van der Waals surface area (Å²) in [5.74, 6) is 1.45. The Morgan fingerprint density at radius 1 is 1.08 bits per heavy atom. The minimum atomic E-state index is -0.556. The van der Waals surface area contributed by atoms with Crippen LogP contribution < -0.4 is 0 Å². The maximum atomic E-state index is 10.5. The molecule has 1 aliphatic rings. The van der Waals surface area contributed by atoms with Crippen molar-refractivity contribution in [1.29, 1.82) is 0 Å². The standard InChI is InChI=1S/C19H21ClN4O/c20-16-6-2-1-5-15(16)17(25)13-23-11-8-14(9-12-23)19-22-21-18-7-3-4-10-24(18)19/h1-7,10,14,17,25H,8-9,11-13H2. The van der Waals surface area contributed by atoms with Gasteiger partial charge < -0.3 is 10.0 Å². The lowest BCUT2D eigenvalue weighted by atomic mass is 9.95. The molecule has 6 heteroatoms. The van der Waals surface area contributed by atoms with Crippen LogP contribution in [0.25, 0.3) is 5.65 Å². The molecule has 1 saturated heterocycles. The van der Waals surface area contributed by atoms with Crippen molar-refractivity contribution >= 4 is 17.2 Å². The maximum Gasteiger partial charge on any atom is 0.160 e. The summed E-state index contributed by atoms with van der Waals surface area (Å²) in [6, 6.07) is 13.5. The lowest BCUT2D eigenvalue weighted by Crippen LogP contribution is -2.36. The molecule has 0 saturated carbocycles. The average Bonchev–Trinajstić information content (AvgIpc) is 3.07. The predicted molar refractivity (Wildman–Crippen MR) is 97.8 cm³/mol. The first kappa shape index (κ1) is 16.5. The zero-order valence-corrected chi connectivity index (χ0v) is 14.7. The van der Waals surface area contributed by atoms with E-state index in [1.807, 2.05) is 48.7 Å². The average molecular weight is 357 g/mol. The van der Waals surface area contributed by atoms with E-state index in [0.717, 1.165) is 43.0 Å². The highest BCUT2D eigenvalue weighted by molar-refractivity contribution is 6.31. The number of aromatic nitrogens is 3. The van der Waals surface area contributed by atoms with Crippen molar-refractivity contribution in [1.82, 2.24) is 19.5 Å². The number of aliphatic hydroxyl groups excluding tert-OH is 1. The maximum absolute atomic E-state index is 10.5. The number of β-amino-alcohol motifs (C(OH)–C–C–N with tert-alkyl or cyclic N) is 1. The normalized spacial score (nSPS) is 17.8. The lowest BCUT2D eigenvalue weighted by Gasteiger charge is -2.32. The summed E-state index contributed by atoms with van der Waals surface area (Å²) in [6.45, 7) is 2.49. The first-order chi connectivity index (χ1) is 12.2. The van der Waals surface area contributed by atoms with Crippen LogP contribution >= 0.6 is 11.6 Å². The molecule has 5 nitrogen and oxygen atoms in total. The van der Waals surface area contributed by atoms with Crippen LogP contribution in [0.5, 0.6) is 0 Å². The molecule has 1 fully saturated rings. The van der Waals surface area contributed by atoms with Gasteiger partial charge in [-0.25, -0.2) is 0 Å². The fourth-order valence-corrected chi connectivity index (χ4v) is 3.86. The van der Waals surface area contributed by atoms with Gasteiger partial charge in [0.15, 0.2) is 5.65 Å². The second kappa shape index (κ2) is 7.12. The van der Waals surface area contributed by atoms with E-state index in [2.05, 4.69) is 19.5 Å². The van der Waals surface area contributed by atoms with E-state index < -0.39 is 6.10 Å². The van der Waals surface area contributed by atoms with Gasteiger partial charge in [0.1, 0.15) is 5.82 Å². The van der Waals surface area contributed by atoms with Crippen LogP contribution in [0.1, 0.15) is 36.3 Å². The fraction of sp³-hybridized carbons (Fsp3) is 0.368. The highest BCUT2D eigenvalue weighted by atomic mass is 35.5. The number of aliphatic hydroxyl groups is 1. The van der Waals surface area contributed by atoms with E-state index >= 15 is 0 Å². The number of piperidine rings is 1. The van der Waals surface area contributed by atoms with Gasteiger partial charge in [-0.05, 0) is 44.1 Å². The Bertz CT molecular complexity index is 857. The highest BCUT2D eigenvalue weighted by Crippen LogP contribution is 2.29. The molecule has 1 unspecified atom stereocenters. The minimum absolute atomic E-state index is 0.408. The number of nitrogens with zero attached hydrogens (tertiary/aromatic N) is 4. The van der Waals surface area contributed by atoms with Gasteiger partial charge in [-0.3, -0.25) is 4.40 Å². The molecule has 1 aliphatic heterocycles. The molecule has 0 amide bonds. The quantitative estimate of drug-likeness (QED) is 0.779. The van der Waals surface area contributed by atoms with Crippen LogP contribution in [0.3, 0.4) is 0 Å². The summed E-state index contributed by atoms with van der Waals surface area (Å²) < 4.78 is 2.08. The molecule has 0 bridgehead atoms. The van der Waals surface area contributed by atoms with Crippen LogP contribution in [0, 0.1) is 0 Å². The van der Waals surface area contributed by atoms with Gasteiger partial charge in [0.25, 0.3) is 0 Å². The minimum Gasteiger partial charge on any atom is -0.387 e. The molecule has 1 atom stereocenters. The van der Waals surface area contributed by atoms with Crippen LogP contribution in [-0.4, -0.2) is 44.2 Å². The first-order valence-electron chi connectivity index (χ1n) is 8.67. The molecule has 130 valence electrons. The number of benzene rings is 1. The highest BCUT2D eigenvalue weighted by Gasteiger charge is 2.26. The SMILES string of the molecule is OC(CN1CCC(c2nnc3ccccn23)CC1)c1ccccc1Cl. The number of rotatable bonds is 4. The molecule has 25 heavy (non-hydrogen) atoms. The third kappa shape index (κ3) is 3.40. The van der Waals surface area contributed by atoms with Gasteiger partial charge in [0.2, 0.25) is 0 Å². The van der Waals surface area contributed by atoms with Crippen molar-refractivity contribution in [2.75, 3.05) is 19.6 Å². The van der Waals surface area contributed by atoms with Crippen LogP contribution in [0.15, 0.2) is 48.7 Å².